The molecule has 1 atom stereocenters. The zero-order chi connectivity index (χ0) is 33.6. The Bertz CT molecular complexity index is 1630. The monoisotopic (exact) mass is 640 g/mol. The van der Waals surface area contributed by atoms with E-state index in [0.717, 1.165) is 12.8 Å². The number of ether oxygens (including phenoxy) is 6. The van der Waals surface area contributed by atoms with Gasteiger partial charge in [0, 0.05) is 0 Å². The zero-order valence-corrected chi connectivity index (χ0v) is 26.4. The van der Waals surface area contributed by atoms with Gasteiger partial charge in [-0.15, -0.1) is 0 Å². The van der Waals surface area contributed by atoms with Gasteiger partial charge < -0.3 is 28.4 Å². The minimum absolute atomic E-state index is 0.183. The smallest absolute Gasteiger partial charge is 0.343 e. The summed E-state index contributed by atoms with van der Waals surface area (Å²) in [7, 11) is 0. The molecule has 0 aliphatic heterocycles. The van der Waals surface area contributed by atoms with Gasteiger partial charge in [0.05, 0.1) is 35.5 Å². The Kier molecular flexibility index (Phi) is 12.5. The van der Waals surface area contributed by atoms with Crippen LogP contribution in [0.5, 0.6) is 23.0 Å². The fourth-order valence-corrected chi connectivity index (χ4v) is 4.03. The van der Waals surface area contributed by atoms with E-state index in [1.165, 1.54) is 48.5 Å². The average Bonchev–Trinajstić information content (AvgIpc) is 3.09. The molecule has 47 heavy (non-hydrogen) atoms. The Labute approximate surface area is 273 Å². The molecule has 0 amide bonds. The fraction of sp³-hybridized carbons (Fsp3) is 0.243. The van der Waals surface area contributed by atoms with Crippen LogP contribution in [0, 0.1) is 0 Å². The van der Waals surface area contributed by atoms with Gasteiger partial charge in [-0.2, -0.15) is 0 Å². The number of hydrogen-bond donors (Lipinski definition) is 0. The summed E-state index contributed by atoms with van der Waals surface area (Å²) in [6, 6.07) is 25.1. The van der Waals surface area contributed by atoms with E-state index in [1.807, 2.05) is 13.8 Å². The molecular formula is C37H36O10. The minimum Gasteiger partial charge on any atom is -0.494 e. The Morgan fingerprint density at radius 3 is 1.21 bits per heavy atom. The summed E-state index contributed by atoms with van der Waals surface area (Å²) < 4.78 is 32.5. The van der Waals surface area contributed by atoms with Crippen LogP contribution in [0.2, 0.25) is 0 Å². The second-order valence-corrected chi connectivity index (χ2v) is 10.4. The number of carbonyl (C=O) groups is 4. The first kappa shape index (κ1) is 34.2. The third-order valence-electron chi connectivity index (χ3n) is 6.48. The topological polar surface area (TPSA) is 124 Å². The molecular weight excluding hydrogens is 604 g/mol. The molecule has 0 radical (unpaired) electrons. The fourth-order valence-electron chi connectivity index (χ4n) is 4.03. The molecule has 0 aliphatic carbocycles. The molecule has 0 saturated heterocycles. The summed E-state index contributed by atoms with van der Waals surface area (Å²) in [4.78, 5) is 50.0. The largest absolute Gasteiger partial charge is 0.494 e. The number of hydrogen-bond acceptors (Lipinski definition) is 10. The van der Waals surface area contributed by atoms with Gasteiger partial charge in [0.1, 0.15) is 35.7 Å². The molecule has 4 rings (SSSR count). The van der Waals surface area contributed by atoms with Crippen molar-refractivity contribution in [3.8, 4) is 23.0 Å². The lowest BCUT2D eigenvalue weighted by Crippen LogP contribution is -2.22. The average molecular weight is 641 g/mol. The summed E-state index contributed by atoms with van der Waals surface area (Å²) >= 11 is 0. The lowest BCUT2D eigenvalue weighted by Gasteiger charge is -2.14. The molecule has 0 fully saturated rings. The maximum Gasteiger partial charge on any atom is 0.343 e. The highest BCUT2D eigenvalue weighted by Gasteiger charge is 2.17. The summed E-state index contributed by atoms with van der Waals surface area (Å²) in [6.07, 6.45) is 1.02. The molecule has 244 valence electrons. The van der Waals surface area contributed by atoms with Gasteiger partial charge in [-0.05, 0) is 117 Å². The van der Waals surface area contributed by atoms with Crippen molar-refractivity contribution in [2.75, 3.05) is 19.8 Å². The molecule has 0 N–H and O–H groups in total. The van der Waals surface area contributed by atoms with Crippen LogP contribution in [0.4, 0.5) is 0 Å². The Morgan fingerprint density at radius 2 is 0.830 bits per heavy atom. The summed E-state index contributed by atoms with van der Waals surface area (Å²) in [5.41, 5.74) is 1.17. The van der Waals surface area contributed by atoms with E-state index >= 15 is 0 Å². The van der Waals surface area contributed by atoms with E-state index in [2.05, 4.69) is 0 Å². The van der Waals surface area contributed by atoms with Gasteiger partial charge in [0.15, 0.2) is 0 Å². The van der Waals surface area contributed by atoms with Crippen LogP contribution in [0.1, 0.15) is 75.0 Å². The van der Waals surface area contributed by atoms with Crippen molar-refractivity contribution in [2.24, 2.45) is 0 Å². The van der Waals surface area contributed by atoms with E-state index in [1.54, 1.807) is 55.5 Å². The van der Waals surface area contributed by atoms with Gasteiger partial charge in [-0.1, -0.05) is 13.8 Å². The predicted molar refractivity (Wildman–Crippen MR) is 172 cm³/mol. The van der Waals surface area contributed by atoms with Crippen molar-refractivity contribution in [3.63, 3.8) is 0 Å². The van der Waals surface area contributed by atoms with Crippen molar-refractivity contribution in [1.82, 2.24) is 0 Å². The summed E-state index contributed by atoms with van der Waals surface area (Å²) in [5.74, 6) is -0.520. The molecule has 0 bridgehead atoms. The van der Waals surface area contributed by atoms with Crippen LogP contribution in [0.25, 0.3) is 0 Å². The van der Waals surface area contributed by atoms with Gasteiger partial charge >= 0.3 is 23.9 Å². The quantitative estimate of drug-likeness (QED) is 0.0981. The molecule has 0 heterocycles. The molecule has 0 spiro atoms. The normalized spacial score (nSPS) is 11.1. The summed E-state index contributed by atoms with van der Waals surface area (Å²) in [6.45, 7) is 6.60. The van der Waals surface area contributed by atoms with Crippen molar-refractivity contribution < 1.29 is 47.6 Å². The Balaban J connectivity index is 1.20. The Morgan fingerprint density at radius 1 is 0.489 bits per heavy atom. The standard InChI is InChI=1S/C37H36O10/c1-4-22-42-30-14-6-28(7-15-30)36(40)46-32-18-10-26(11-19-32)34(38)44-24-25(3)45-35(39)27-12-20-33(21-13-27)47-37(41)29-8-16-31(17-9-29)43-23-5-2/h6-21,25H,4-5,22-24H2,1-3H3. The molecule has 1 unspecified atom stereocenters. The highest BCUT2D eigenvalue weighted by molar-refractivity contribution is 5.93. The Hall–Kier alpha value is -5.64. The van der Waals surface area contributed by atoms with E-state index < -0.39 is 30.0 Å². The molecule has 4 aromatic rings. The zero-order valence-electron chi connectivity index (χ0n) is 26.4. The number of benzene rings is 4. The molecule has 4 aromatic carbocycles. The highest BCUT2D eigenvalue weighted by atomic mass is 16.6. The lowest BCUT2D eigenvalue weighted by molar-refractivity contribution is 0.00447. The van der Waals surface area contributed by atoms with Gasteiger partial charge in [-0.25, -0.2) is 19.2 Å². The van der Waals surface area contributed by atoms with Gasteiger partial charge in [0.25, 0.3) is 0 Å². The second kappa shape index (κ2) is 17.2. The van der Waals surface area contributed by atoms with E-state index in [4.69, 9.17) is 28.4 Å². The first-order valence-electron chi connectivity index (χ1n) is 15.2. The third kappa shape index (κ3) is 10.5. The lowest BCUT2D eigenvalue weighted by atomic mass is 10.2. The van der Waals surface area contributed by atoms with Crippen LogP contribution in [0.3, 0.4) is 0 Å². The maximum atomic E-state index is 12.6. The second-order valence-electron chi connectivity index (χ2n) is 10.4. The number of esters is 4. The highest BCUT2D eigenvalue weighted by Crippen LogP contribution is 2.19. The maximum absolute atomic E-state index is 12.6. The van der Waals surface area contributed by atoms with Gasteiger partial charge in [-0.3, -0.25) is 0 Å². The van der Waals surface area contributed by atoms with Crippen molar-refractivity contribution >= 4 is 23.9 Å². The third-order valence-corrected chi connectivity index (χ3v) is 6.48. The van der Waals surface area contributed by atoms with Gasteiger partial charge in [0.2, 0.25) is 0 Å². The van der Waals surface area contributed by atoms with Crippen LogP contribution < -0.4 is 18.9 Å². The molecule has 10 nitrogen and oxygen atoms in total. The summed E-state index contributed by atoms with van der Waals surface area (Å²) in [5, 5.41) is 0. The molecule has 10 heteroatoms. The van der Waals surface area contributed by atoms with Crippen molar-refractivity contribution in [3.05, 3.63) is 119 Å². The van der Waals surface area contributed by atoms with E-state index in [9.17, 15) is 19.2 Å². The number of carbonyl (C=O) groups excluding carboxylic acids is 4. The predicted octanol–water partition coefficient (Wildman–Crippen LogP) is 7.10. The first-order chi connectivity index (χ1) is 22.7. The SMILES string of the molecule is CCCOc1ccc(C(=O)Oc2ccc(C(=O)OCC(C)OC(=O)c3ccc(OC(=O)c4ccc(OCCC)cc4)cc3)cc2)cc1. The van der Waals surface area contributed by atoms with Crippen LogP contribution in [-0.2, 0) is 9.47 Å². The van der Waals surface area contributed by atoms with E-state index in [0.29, 0.717) is 35.8 Å². The van der Waals surface area contributed by atoms with E-state index in [-0.39, 0.29) is 29.2 Å². The number of rotatable bonds is 15. The van der Waals surface area contributed by atoms with Crippen molar-refractivity contribution in [1.29, 1.82) is 0 Å². The van der Waals surface area contributed by atoms with Crippen LogP contribution in [0.15, 0.2) is 97.1 Å². The minimum atomic E-state index is -0.743. The molecule has 0 aromatic heterocycles. The van der Waals surface area contributed by atoms with Crippen molar-refractivity contribution in [2.45, 2.75) is 39.7 Å². The molecule has 0 saturated carbocycles. The van der Waals surface area contributed by atoms with Crippen LogP contribution in [-0.4, -0.2) is 49.8 Å². The first-order valence-corrected chi connectivity index (χ1v) is 15.2. The van der Waals surface area contributed by atoms with Crippen LogP contribution >= 0.6 is 0 Å². The molecule has 0 aliphatic rings.